The molecule has 0 spiro atoms. The highest BCUT2D eigenvalue weighted by molar-refractivity contribution is 5.38. The van der Waals surface area contributed by atoms with Crippen LogP contribution in [0.15, 0.2) is 39.9 Å². The first-order chi connectivity index (χ1) is 13.8. The summed E-state index contributed by atoms with van der Waals surface area (Å²) in [5.41, 5.74) is 0.579. The third kappa shape index (κ3) is 6.02. The molecule has 0 radical (unpaired) electrons. The minimum absolute atomic E-state index is 0.115. The van der Waals surface area contributed by atoms with Gasteiger partial charge in [-0.2, -0.15) is 0 Å². The number of benzene rings is 1. The maximum atomic E-state index is 12.1. The van der Waals surface area contributed by atoms with Crippen molar-refractivity contribution in [3.8, 4) is 0 Å². The molecule has 0 amide bonds. The van der Waals surface area contributed by atoms with Gasteiger partial charge in [-0.25, -0.2) is 4.79 Å². The fraction of sp³-hybridized carbons (Fsp3) is 0.500. The molecule has 2 rings (SSSR count). The number of anilines is 1. The molecule has 0 atom stereocenters. The number of rotatable bonds is 11. The van der Waals surface area contributed by atoms with E-state index in [1.165, 1.54) is 29.8 Å². The second-order valence-electron chi connectivity index (χ2n) is 6.95. The summed E-state index contributed by atoms with van der Waals surface area (Å²) in [6.07, 6.45) is 2.87. The van der Waals surface area contributed by atoms with Gasteiger partial charge in [0, 0.05) is 51.9 Å². The lowest BCUT2D eigenvalue weighted by Crippen LogP contribution is -2.42. The summed E-state index contributed by atoms with van der Waals surface area (Å²) in [6, 6.07) is 8.18. The monoisotopic (exact) mass is 403 g/mol. The SMILES string of the molecule is CCN(CCNCCCCc1ccc([N+](=O)[O-])cc1)c1cc(=O)n(C)c(=O)n1C. The van der Waals surface area contributed by atoms with Crippen LogP contribution >= 0.6 is 0 Å². The summed E-state index contributed by atoms with van der Waals surface area (Å²) >= 11 is 0. The van der Waals surface area contributed by atoms with Gasteiger partial charge in [-0.15, -0.1) is 0 Å². The lowest BCUT2D eigenvalue weighted by atomic mass is 10.1. The van der Waals surface area contributed by atoms with Gasteiger partial charge in [0.05, 0.1) is 4.92 Å². The first kappa shape index (κ1) is 22.4. The molecule has 1 aromatic heterocycles. The number of hydrogen-bond acceptors (Lipinski definition) is 6. The van der Waals surface area contributed by atoms with E-state index in [9.17, 15) is 19.7 Å². The number of nitro groups is 1. The molecule has 0 saturated carbocycles. The molecule has 1 aromatic carbocycles. The lowest BCUT2D eigenvalue weighted by molar-refractivity contribution is -0.384. The van der Waals surface area contributed by atoms with Crippen molar-refractivity contribution in [3.05, 3.63) is 66.8 Å². The maximum absolute atomic E-state index is 12.1. The third-order valence-electron chi connectivity index (χ3n) is 4.98. The van der Waals surface area contributed by atoms with Gasteiger partial charge in [-0.05, 0) is 38.3 Å². The van der Waals surface area contributed by atoms with E-state index in [0.717, 1.165) is 42.5 Å². The standard InChI is InChI=1S/C20H29N5O4/c1-4-24(18-15-19(26)23(3)20(27)22(18)2)14-13-21-12-6-5-7-16-8-10-17(11-9-16)25(28)29/h8-11,15,21H,4-7,12-14H2,1-3H3. The Balaban J connectivity index is 1.73. The molecule has 0 aliphatic heterocycles. The summed E-state index contributed by atoms with van der Waals surface area (Å²) in [5, 5.41) is 14.0. The highest BCUT2D eigenvalue weighted by Gasteiger charge is 2.11. The van der Waals surface area contributed by atoms with Crippen LogP contribution in [0.3, 0.4) is 0 Å². The molecule has 2 aromatic rings. The number of likely N-dealkylation sites (N-methyl/N-ethyl adjacent to an activating group) is 1. The highest BCUT2D eigenvalue weighted by Crippen LogP contribution is 2.13. The number of hydrogen-bond donors (Lipinski definition) is 1. The molecular formula is C20H29N5O4. The summed E-state index contributed by atoms with van der Waals surface area (Å²) in [5.74, 6) is 0.626. The van der Waals surface area contributed by atoms with Crippen LogP contribution in [0.4, 0.5) is 11.5 Å². The van der Waals surface area contributed by atoms with Crippen molar-refractivity contribution >= 4 is 11.5 Å². The molecule has 0 unspecified atom stereocenters. The molecule has 9 heteroatoms. The number of nitrogens with one attached hydrogen (secondary N) is 1. The first-order valence-electron chi connectivity index (χ1n) is 9.81. The predicted octanol–water partition coefficient (Wildman–Crippen LogP) is 1.43. The largest absolute Gasteiger partial charge is 0.357 e. The van der Waals surface area contributed by atoms with Gasteiger partial charge < -0.3 is 10.2 Å². The molecule has 1 heterocycles. The molecule has 158 valence electrons. The zero-order valence-corrected chi connectivity index (χ0v) is 17.3. The molecule has 0 aliphatic rings. The van der Waals surface area contributed by atoms with E-state index in [2.05, 4.69) is 5.32 Å². The highest BCUT2D eigenvalue weighted by atomic mass is 16.6. The Kier molecular flexibility index (Phi) is 8.14. The number of nitrogens with zero attached hydrogens (tertiary/aromatic N) is 4. The molecular weight excluding hydrogens is 374 g/mol. The molecule has 0 saturated heterocycles. The van der Waals surface area contributed by atoms with Crippen molar-refractivity contribution in [2.75, 3.05) is 31.1 Å². The molecule has 0 bridgehead atoms. The van der Waals surface area contributed by atoms with Gasteiger partial charge in [0.1, 0.15) is 5.82 Å². The van der Waals surface area contributed by atoms with E-state index in [0.29, 0.717) is 18.9 Å². The number of aryl methyl sites for hydroxylation is 1. The van der Waals surface area contributed by atoms with E-state index < -0.39 is 4.92 Å². The molecule has 0 aliphatic carbocycles. The smallest absolute Gasteiger partial charge is 0.332 e. The Bertz CT molecular complexity index is 933. The Hall–Kier alpha value is -2.94. The van der Waals surface area contributed by atoms with Gasteiger partial charge in [-0.1, -0.05) is 12.1 Å². The third-order valence-corrected chi connectivity index (χ3v) is 4.98. The fourth-order valence-corrected chi connectivity index (χ4v) is 3.16. The topological polar surface area (TPSA) is 102 Å². The van der Waals surface area contributed by atoms with Crippen LogP contribution < -0.4 is 21.5 Å². The van der Waals surface area contributed by atoms with Gasteiger partial charge in [-0.3, -0.25) is 24.0 Å². The van der Waals surface area contributed by atoms with Crippen LogP contribution in [0, 0.1) is 10.1 Å². The van der Waals surface area contributed by atoms with Crippen molar-refractivity contribution < 1.29 is 4.92 Å². The van der Waals surface area contributed by atoms with E-state index in [-0.39, 0.29) is 16.9 Å². The number of non-ortho nitro benzene ring substituents is 1. The minimum Gasteiger partial charge on any atom is -0.357 e. The number of nitro benzene ring substituents is 1. The van der Waals surface area contributed by atoms with Crippen LogP contribution in [0.25, 0.3) is 0 Å². The van der Waals surface area contributed by atoms with E-state index in [1.807, 2.05) is 11.8 Å². The van der Waals surface area contributed by atoms with Gasteiger partial charge in [0.25, 0.3) is 11.2 Å². The number of unbranched alkanes of at least 4 members (excludes halogenated alkanes) is 1. The Labute approximate surface area is 169 Å². The molecule has 29 heavy (non-hydrogen) atoms. The molecule has 9 nitrogen and oxygen atoms in total. The van der Waals surface area contributed by atoms with Crippen molar-refractivity contribution in [2.24, 2.45) is 14.1 Å². The van der Waals surface area contributed by atoms with Crippen LogP contribution in [-0.4, -0.2) is 40.2 Å². The van der Waals surface area contributed by atoms with Gasteiger partial charge in [0.2, 0.25) is 0 Å². The Morgan fingerprint density at radius 2 is 1.76 bits per heavy atom. The molecule has 0 fully saturated rings. The summed E-state index contributed by atoms with van der Waals surface area (Å²) in [6.45, 7) is 4.99. The van der Waals surface area contributed by atoms with Crippen LogP contribution in [-0.2, 0) is 20.5 Å². The van der Waals surface area contributed by atoms with E-state index in [1.54, 1.807) is 19.2 Å². The van der Waals surface area contributed by atoms with Crippen LogP contribution in [0.1, 0.15) is 25.3 Å². The van der Waals surface area contributed by atoms with Crippen LogP contribution in [0.2, 0.25) is 0 Å². The minimum atomic E-state index is -0.390. The Morgan fingerprint density at radius 3 is 2.38 bits per heavy atom. The van der Waals surface area contributed by atoms with Crippen LogP contribution in [0.5, 0.6) is 0 Å². The quantitative estimate of drug-likeness (QED) is 0.346. The predicted molar refractivity (Wildman–Crippen MR) is 114 cm³/mol. The second kappa shape index (κ2) is 10.6. The second-order valence-corrected chi connectivity index (χ2v) is 6.95. The average Bonchev–Trinajstić information content (AvgIpc) is 2.72. The lowest BCUT2D eigenvalue weighted by Gasteiger charge is -2.25. The summed E-state index contributed by atoms with van der Waals surface area (Å²) in [4.78, 5) is 36.3. The molecule has 1 N–H and O–H groups in total. The van der Waals surface area contributed by atoms with Crippen molar-refractivity contribution in [1.29, 1.82) is 0 Å². The zero-order valence-electron chi connectivity index (χ0n) is 17.3. The fourth-order valence-electron chi connectivity index (χ4n) is 3.16. The van der Waals surface area contributed by atoms with Crippen molar-refractivity contribution in [2.45, 2.75) is 26.2 Å². The first-order valence-corrected chi connectivity index (χ1v) is 9.81. The normalized spacial score (nSPS) is 10.9. The zero-order chi connectivity index (χ0) is 21.4. The van der Waals surface area contributed by atoms with Crippen molar-refractivity contribution in [1.82, 2.24) is 14.5 Å². The van der Waals surface area contributed by atoms with E-state index >= 15 is 0 Å². The Morgan fingerprint density at radius 1 is 1.07 bits per heavy atom. The van der Waals surface area contributed by atoms with Crippen molar-refractivity contribution in [3.63, 3.8) is 0 Å². The van der Waals surface area contributed by atoms with Gasteiger partial charge >= 0.3 is 5.69 Å². The average molecular weight is 403 g/mol. The number of aromatic nitrogens is 2. The summed E-state index contributed by atoms with van der Waals surface area (Å²) < 4.78 is 2.59. The summed E-state index contributed by atoms with van der Waals surface area (Å²) in [7, 11) is 3.15. The maximum Gasteiger partial charge on any atom is 0.332 e. The van der Waals surface area contributed by atoms with E-state index in [4.69, 9.17) is 0 Å². The van der Waals surface area contributed by atoms with Gasteiger partial charge in [0.15, 0.2) is 0 Å².